The van der Waals surface area contributed by atoms with Crippen LogP contribution in [0, 0.1) is 11.8 Å². The van der Waals surface area contributed by atoms with E-state index in [1.54, 1.807) is 0 Å². The van der Waals surface area contributed by atoms with Gasteiger partial charge in [-0.3, -0.25) is 14.7 Å². The summed E-state index contributed by atoms with van der Waals surface area (Å²) < 4.78 is 0. The number of hydrogen-bond donors (Lipinski definition) is 2. The largest absolute Gasteiger partial charge is 0.353 e. The molecule has 0 spiro atoms. The van der Waals surface area contributed by atoms with E-state index >= 15 is 0 Å². The Hall–Kier alpha value is -0.570. The standard InChI is InChI=1S/C21H39N5O.HI/c1-4-22-21(24-19-14-18(19)17-8-6-5-7-9-17)26-12-10-25(11-13-26)15-20(27)23-16(2)3;/h16-19H,4-15H2,1-3H3,(H,22,24)(H,23,27);1H. The minimum Gasteiger partial charge on any atom is -0.353 e. The van der Waals surface area contributed by atoms with Gasteiger partial charge < -0.3 is 15.5 Å². The Morgan fingerprint density at radius 2 is 1.79 bits per heavy atom. The number of nitrogens with one attached hydrogen (secondary N) is 2. The van der Waals surface area contributed by atoms with Crippen LogP contribution in [0.15, 0.2) is 4.99 Å². The maximum Gasteiger partial charge on any atom is 0.234 e. The highest BCUT2D eigenvalue weighted by atomic mass is 127. The first-order chi connectivity index (χ1) is 13.1. The Bertz CT molecular complexity index is 513. The molecule has 2 N–H and O–H groups in total. The lowest BCUT2D eigenvalue weighted by Gasteiger charge is -2.36. The molecule has 2 saturated carbocycles. The summed E-state index contributed by atoms with van der Waals surface area (Å²) in [6, 6.07) is 0.843. The van der Waals surface area contributed by atoms with E-state index in [4.69, 9.17) is 4.99 Å². The summed E-state index contributed by atoms with van der Waals surface area (Å²) in [4.78, 5) is 21.4. The highest BCUT2D eigenvalue weighted by molar-refractivity contribution is 14.0. The van der Waals surface area contributed by atoms with Crippen LogP contribution in [-0.2, 0) is 4.79 Å². The van der Waals surface area contributed by atoms with Crippen molar-refractivity contribution in [3.8, 4) is 0 Å². The number of amides is 1. The molecular weight excluding hydrogens is 465 g/mol. The lowest BCUT2D eigenvalue weighted by Crippen LogP contribution is -2.54. The summed E-state index contributed by atoms with van der Waals surface area (Å²) in [5, 5.41) is 6.75. The zero-order valence-electron chi connectivity index (χ0n) is 18.0. The number of nitrogens with zero attached hydrogens (tertiary/aromatic N) is 3. The van der Waals surface area contributed by atoms with Crippen molar-refractivity contribution in [1.82, 2.24) is 20.4 Å². The highest BCUT2D eigenvalue weighted by Crippen LogP contribution is 2.44. The number of guanidine groups is 1. The second-order valence-corrected chi connectivity index (χ2v) is 8.83. The molecule has 2 aliphatic carbocycles. The second-order valence-electron chi connectivity index (χ2n) is 8.83. The van der Waals surface area contributed by atoms with Crippen molar-refractivity contribution < 1.29 is 4.79 Å². The summed E-state index contributed by atoms with van der Waals surface area (Å²) in [5.74, 6) is 3.03. The molecule has 2 unspecified atom stereocenters. The maximum atomic E-state index is 12.0. The average Bonchev–Trinajstić information content (AvgIpc) is 3.41. The van der Waals surface area contributed by atoms with E-state index in [-0.39, 0.29) is 35.9 Å². The van der Waals surface area contributed by atoms with Crippen LogP contribution < -0.4 is 10.6 Å². The number of rotatable bonds is 6. The van der Waals surface area contributed by atoms with Gasteiger partial charge >= 0.3 is 0 Å². The van der Waals surface area contributed by atoms with Crippen LogP contribution in [0.4, 0.5) is 0 Å². The van der Waals surface area contributed by atoms with E-state index in [1.165, 1.54) is 38.5 Å². The van der Waals surface area contributed by atoms with Crippen molar-refractivity contribution in [2.45, 2.75) is 71.4 Å². The average molecular weight is 505 g/mol. The summed E-state index contributed by atoms with van der Waals surface area (Å²) in [7, 11) is 0. The van der Waals surface area contributed by atoms with Crippen molar-refractivity contribution in [1.29, 1.82) is 0 Å². The molecule has 7 heteroatoms. The number of aliphatic imine (C=N–C) groups is 1. The van der Waals surface area contributed by atoms with Crippen molar-refractivity contribution in [3.63, 3.8) is 0 Å². The molecular formula is C21H40IN5O. The second kappa shape index (κ2) is 11.6. The normalized spacial score (nSPS) is 26.7. The van der Waals surface area contributed by atoms with Gasteiger partial charge in [-0.1, -0.05) is 32.1 Å². The molecule has 3 rings (SSSR count). The molecule has 1 amide bonds. The fraction of sp³-hybridized carbons (Fsp3) is 0.905. The van der Waals surface area contributed by atoms with Crippen molar-refractivity contribution >= 4 is 35.8 Å². The van der Waals surface area contributed by atoms with Crippen LogP contribution in [0.3, 0.4) is 0 Å². The van der Waals surface area contributed by atoms with Crippen LogP contribution in [0.25, 0.3) is 0 Å². The van der Waals surface area contributed by atoms with Crippen LogP contribution in [0.5, 0.6) is 0 Å². The van der Waals surface area contributed by atoms with Gasteiger partial charge in [-0.05, 0) is 39.0 Å². The van der Waals surface area contributed by atoms with Gasteiger partial charge in [-0.2, -0.15) is 0 Å². The lowest BCUT2D eigenvalue weighted by atomic mass is 9.85. The summed E-state index contributed by atoms with van der Waals surface area (Å²) in [6.45, 7) is 11.2. The molecule has 1 saturated heterocycles. The van der Waals surface area contributed by atoms with Crippen LogP contribution in [0.1, 0.15) is 59.3 Å². The summed E-state index contributed by atoms with van der Waals surface area (Å²) in [5.41, 5.74) is 0. The quantitative estimate of drug-likeness (QED) is 0.331. The van der Waals surface area contributed by atoms with Gasteiger partial charge in [0.25, 0.3) is 0 Å². The maximum absolute atomic E-state index is 12.0. The first-order valence-electron chi connectivity index (χ1n) is 11.1. The fourth-order valence-corrected chi connectivity index (χ4v) is 4.70. The Morgan fingerprint density at radius 1 is 1.11 bits per heavy atom. The number of piperazine rings is 1. The smallest absolute Gasteiger partial charge is 0.234 e. The fourth-order valence-electron chi connectivity index (χ4n) is 4.70. The van der Waals surface area contributed by atoms with Gasteiger partial charge in [-0.25, -0.2) is 0 Å². The number of carbonyl (C=O) groups excluding carboxylic acids is 1. The Labute approximate surface area is 188 Å². The van der Waals surface area contributed by atoms with Crippen LogP contribution in [0.2, 0.25) is 0 Å². The van der Waals surface area contributed by atoms with Gasteiger partial charge in [0.05, 0.1) is 6.54 Å². The zero-order chi connectivity index (χ0) is 19.2. The molecule has 0 radical (unpaired) electrons. The van der Waals surface area contributed by atoms with E-state index < -0.39 is 0 Å². The van der Waals surface area contributed by atoms with E-state index in [0.29, 0.717) is 12.6 Å². The van der Waals surface area contributed by atoms with E-state index in [0.717, 1.165) is 50.5 Å². The molecule has 0 aromatic rings. The SMILES string of the molecule is CCN=C(NC1CC1C1CCCCC1)N1CCN(CC(=O)NC(C)C)CC1.I. The van der Waals surface area contributed by atoms with E-state index in [2.05, 4.69) is 27.4 Å². The Balaban J connectivity index is 0.00000280. The molecule has 3 fully saturated rings. The highest BCUT2D eigenvalue weighted by Gasteiger charge is 2.44. The lowest BCUT2D eigenvalue weighted by molar-refractivity contribution is -0.123. The van der Waals surface area contributed by atoms with Crippen LogP contribution >= 0.6 is 24.0 Å². The monoisotopic (exact) mass is 505 g/mol. The van der Waals surface area contributed by atoms with Gasteiger partial charge in [-0.15, -0.1) is 24.0 Å². The van der Waals surface area contributed by atoms with Crippen LogP contribution in [-0.4, -0.2) is 73.0 Å². The van der Waals surface area contributed by atoms with Crippen molar-refractivity contribution in [3.05, 3.63) is 0 Å². The van der Waals surface area contributed by atoms with Gasteiger partial charge in [0.1, 0.15) is 0 Å². The molecule has 2 atom stereocenters. The molecule has 3 aliphatic rings. The van der Waals surface area contributed by atoms with Crippen molar-refractivity contribution in [2.75, 3.05) is 39.3 Å². The first kappa shape index (κ1) is 23.7. The van der Waals surface area contributed by atoms with E-state index in [9.17, 15) is 4.79 Å². The molecule has 0 aromatic heterocycles. The predicted molar refractivity (Wildman–Crippen MR) is 126 cm³/mol. The molecule has 0 aromatic carbocycles. The predicted octanol–water partition coefficient (Wildman–Crippen LogP) is 2.68. The van der Waals surface area contributed by atoms with Crippen molar-refractivity contribution in [2.24, 2.45) is 16.8 Å². The Morgan fingerprint density at radius 3 is 2.39 bits per heavy atom. The third-order valence-corrected chi connectivity index (χ3v) is 6.21. The van der Waals surface area contributed by atoms with Gasteiger partial charge in [0, 0.05) is 44.8 Å². The third kappa shape index (κ3) is 7.04. The molecule has 1 heterocycles. The molecule has 28 heavy (non-hydrogen) atoms. The minimum atomic E-state index is 0. The summed E-state index contributed by atoms with van der Waals surface area (Å²) >= 11 is 0. The molecule has 1 aliphatic heterocycles. The zero-order valence-corrected chi connectivity index (χ0v) is 20.3. The third-order valence-electron chi connectivity index (χ3n) is 6.21. The van der Waals surface area contributed by atoms with Gasteiger partial charge in [0.15, 0.2) is 5.96 Å². The first-order valence-corrected chi connectivity index (χ1v) is 11.1. The van der Waals surface area contributed by atoms with Gasteiger partial charge in [0.2, 0.25) is 5.91 Å². The number of carbonyl (C=O) groups is 1. The van der Waals surface area contributed by atoms with E-state index in [1.807, 2.05) is 13.8 Å². The number of halogens is 1. The minimum absolute atomic E-state index is 0. The molecule has 162 valence electrons. The summed E-state index contributed by atoms with van der Waals surface area (Å²) in [6.07, 6.45) is 8.47. The topological polar surface area (TPSA) is 60.0 Å². The Kier molecular flexibility index (Phi) is 9.80. The molecule has 0 bridgehead atoms. The number of hydrogen-bond acceptors (Lipinski definition) is 3. The molecule has 6 nitrogen and oxygen atoms in total.